The van der Waals surface area contributed by atoms with Crippen LogP contribution in [0, 0.1) is 5.92 Å². The topological polar surface area (TPSA) is 41.6 Å². The third-order valence-electron chi connectivity index (χ3n) is 3.89. The van der Waals surface area contributed by atoms with Gasteiger partial charge in [0, 0.05) is 12.6 Å². The van der Waals surface area contributed by atoms with Gasteiger partial charge in [-0.05, 0) is 38.3 Å². The fraction of sp³-hybridized carbons (Fsp3) is 0.923. The number of piperidine rings is 1. The average molecular weight is 240 g/mol. The first-order valence-corrected chi connectivity index (χ1v) is 6.91. The van der Waals surface area contributed by atoms with Gasteiger partial charge in [0.25, 0.3) is 0 Å². The molecule has 2 aliphatic heterocycles. The van der Waals surface area contributed by atoms with Crippen molar-refractivity contribution in [1.82, 2.24) is 10.2 Å². The molecule has 2 unspecified atom stereocenters. The van der Waals surface area contributed by atoms with Crippen LogP contribution in [0.15, 0.2) is 0 Å². The first-order valence-electron chi connectivity index (χ1n) is 6.91. The molecule has 0 aromatic rings. The fourth-order valence-electron chi connectivity index (χ4n) is 2.90. The van der Waals surface area contributed by atoms with Crippen molar-refractivity contribution in [1.29, 1.82) is 0 Å². The van der Waals surface area contributed by atoms with Crippen molar-refractivity contribution in [3.63, 3.8) is 0 Å². The number of unbranched alkanes of at least 4 members (excludes halogenated alkanes) is 1. The molecule has 0 saturated carbocycles. The summed E-state index contributed by atoms with van der Waals surface area (Å²) in [5, 5.41) is 3.43. The Morgan fingerprint density at radius 1 is 1.47 bits per heavy atom. The Balaban J connectivity index is 1.75. The van der Waals surface area contributed by atoms with Crippen molar-refractivity contribution in [2.24, 2.45) is 5.92 Å². The lowest BCUT2D eigenvalue weighted by molar-refractivity contribution is -0.146. The van der Waals surface area contributed by atoms with Crippen molar-refractivity contribution in [2.75, 3.05) is 32.8 Å². The molecule has 2 fully saturated rings. The van der Waals surface area contributed by atoms with Gasteiger partial charge in [-0.2, -0.15) is 0 Å². The number of rotatable bonds is 5. The van der Waals surface area contributed by atoms with Gasteiger partial charge >= 0.3 is 5.97 Å². The van der Waals surface area contributed by atoms with Gasteiger partial charge in [-0.1, -0.05) is 13.3 Å². The van der Waals surface area contributed by atoms with Crippen LogP contribution in [0.5, 0.6) is 0 Å². The first kappa shape index (κ1) is 12.8. The predicted molar refractivity (Wildman–Crippen MR) is 66.8 cm³/mol. The van der Waals surface area contributed by atoms with E-state index in [1.165, 1.54) is 12.8 Å². The maximum Gasteiger partial charge on any atom is 0.320 e. The van der Waals surface area contributed by atoms with E-state index in [0.29, 0.717) is 19.2 Å². The fourth-order valence-corrected chi connectivity index (χ4v) is 2.90. The summed E-state index contributed by atoms with van der Waals surface area (Å²) in [6, 6.07) is 0.558. The van der Waals surface area contributed by atoms with E-state index in [1.807, 2.05) is 0 Å². The van der Waals surface area contributed by atoms with Crippen LogP contribution in [0.1, 0.15) is 32.6 Å². The summed E-state index contributed by atoms with van der Waals surface area (Å²) in [5.74, 6) is 0.693. The molecule has 17 heavy (non-hydrogen) atoms. The SMILES string of the molecule is CCCCOC(=O)CN1CCCC2CNCC21. The van der Waals surface area contributed by atoms with E-state index >= 15 is 0 Å². The zero-order chi connectivity index (χ0) is 12.1. The van der Waals surface area contributed by atoms with Crippen molar-refractivity contribution in [2.45, 2.75) is 38.6 Å². The second kappa shape index (κ2) is 6.36. The van der Waals surface area contributed by atoms with E-state index in [2.05, 4.69) is 17.1 Å². The van der Waals surface area contributed by atoms with E-state index in [4.69, 9.17) is 4.74 Å². The summed E-state index contributed by atoms with van der Waals surface area (Å²) in [6.07, 6.45) is 4.56. The number of nitrogens with one attached hydrogen (secondary N) is 1. The standard InChI is InChI=1S/C13H24N2O2/c1-2-3-7-17-13(16)10-15-6-4-5-11-8-14-9-12(11)15/h11-12,14H,2-10H2,1H3. The summed E-state index contributed by atoms with van der Waals surface area (Å²) >= 11 is 0. The van der Waals surface area contributed by atoms with Crippen LogP contribution >= 0.6 is 0 Å². The Labute approximate surface area is 104 Å². The van der Waals surface area contributed by atoms with Crippen LogP contribution in [0.3, 0.4) is 0 Å². The number of carbonyl (C=O) groups excluding carboxylic acids is 1. The second-order valence-electron chi connectivity index (χ2n) is 5.17. The van der Waals surface area contributed by atoms with Crippen LogP contribution in [0.25, 0.3) is 0 Å². The minimum Gasteiger partial charge on any atom is -0.465 e. The summed E-state index contributed by atoms with van der Waals surface area (Å²) in [5.41, 5.74) is 0. The number of hydrogen-bond acceptors (Lipinski definition) is 4. The molecule has 2 saturated heterocycles. The molecule has 4 heteroatoms. The Morgan fingerprint density at radius 2 is 2.35 bits per heavy atom. The number of esters is 1. The molecule has 1 N–H and O–H groups in total. The molecule has 2 atom stereocenters. The molecule has 0 bridgehead atoms. The molecule has 2 heterocycles. The molecule has 0 amide bonds. The maximum absolute atomic E-state index is 11.7. The highest BCUT2D eigenvalue weighted by Gasteiger charge is 2.35. The van der Waals surface area contributed by atoms with Crippen molar-refractivity contribution >= 4 is 5.97 Å². The monoisotopic (exact) mass is 240 g/mol. The molecule has 0 aromatic carbocycles. The van der Waals surface area contributed by atoms with Gasteiger partial charge in [0.2, 0.25) is 0 Å². The zero-order valence-corrected chi connectivity index (χ0v) is 10.8. The van der Waals surface area contributed by atoms with E-state index < -0.39 is 0 Å². The van der Waals surface area contributed by atoms with Crippen molar-refractivity contribution in [3.05, 3.63) is 0 Å². The van der Waals surface area contributed by atoms with Gasteiger partial charge in [-0.15, -0.1) is 0 Å². The predicted octanol–water partition coefficient (Wildman–Crippen LogP) is 1.01. The van der Waals surface area contributed by atoms with E-state index in [1.54, 1.807) is 0 Å². The lowest BCUT2D eigenvalue weighted by atomic mass is 9.92. The molecule has 98 valence electrons. The average Bonchev–Trinajstić information content (AvgIpc) is 2.78. The molecule has 0 aliphatic carbocycles. The number of hydrogen-bond donors (Lipinski definition) is 1. The van der Waals surface area contributed by atoms with Crippen LogP contribution in [-0.2, 0) is 9.53 Å². The van der Waals surface area contributed by atoms with Crippen molar-refractivity contribution < 1.29 is 9.53 Å². The van der Waals surface area contributed by atoms with Crippen LogP contribution in [0.2, 0.25) is 0 Å². The maximum atomic E-state index is 11.7. The summed E-state index contributed by atoms with van der Waals surface area (Å²) in [6.45, 7) is 6.36. The Bertz CT molecular complexity index is 258. The smallest absolute Gasteiger partial charge is 0.320 e. The van der Waals surface area contributed by atoms with Gasteiger partial charge in [0.05, 0.1) is 13.2 Å². The summed E-state index contributed by atoms with van der Waals surface area (Å²) in [7, 11) is 0. The van der Waals surface area contributed by atoms with E-state index in [0.717, 1.165) is 38.4 Å². The zero-order valence-electron chi connectivity index (χ0n) is 10.8. The third kappa shape index (κ3) is 3.42. The van der Waals surface area contributed by atoms with Gasteiger partial charge in [-0.25, -0.2) is 0 Å². The van der Waals surface area contributed by atoms with E-state index in [9.17, 15) is 4.79 Å². The Hall–Kier alpha value is -0.610. The minimum atomic E-state index is -0.0500. The molecular weight excluding hydrogens is 216 g/mol. The van der Waals surface area contributed by atoms with E-state index in [-0.39, 0.29) is 5.97 Å². The molecule has 4 nitrogen and oxygen atoms in total. The number of carbonyl (C=O) groups is 1. The number of nitrogens with zero attached hydrogens (tertiary/aromatic N) is 1. The van der Waals surface area contributed by atoms with Gasteiger partial charge < -0.3 is 10.1 Å². The van der Waals surface area contributed by atoms with Gasteiger partial charge in [-0.3, -0.25) is 9.69 Å². The molecular formula is C13H24N2O2. The normalized spacial score (nSPS) is 29.0. The molecule has 2 rings (SSSR count). The quantitative estimate of drug-likeness (QED) is 0.575. The first-order chi connectivity index (χ1) is 8.31. The Morgan fingerprint density at radius 3 is 3.18 bits per heavy atom. The molecule has 2 aliphatic rings. The molecule has 0 radical (unpaired) electrons. The van der Waals surface area contributed by atoms with Gasteiger partial charge in [0.15, 0.2) is 0 Å². The Kier molecular flexibility index (Phi) is 4.80. The molecule has 0 aromatic heterocycles. The van der Waals surface area contributed by atoms with Crippen LogP contribution in [0.4, 0.5) is 0 Å². The number of ether oxygens (including phenoxy) is 1. The number of likely N-dealkylation sites (tertiary alicyclic amines) is 1. The lowest BCUT2D eigenvalue weighted by Crippen LogP contribution is -2.47. The third-order valence-corrected chi connectivity index (χ3v) is 3.89. The van der Waals surface area contributed by atoms with Crippen molar-refractivity contribution in [3.8, 4) is 0 Å². The summed E-state index contributed by atoms with van der Waals surface area (Å²) < 4.78 is 5.23. The van der Waals surface area contributed by atoms with Gasteiger partial charge in [0.1, 0.15) is 0 Å². The van der Waals surface area contributed by atoms with Crippen LogP contribution in [-0.4, -0.2) is 49.7 Å². The van der Waals surface area contributed by atoms with Crippen LogP contribution < -0.4 is 5.32 Å². The minimum absolute atomic E-state index is 0.0500. The summed E-state index contributed by atoms with van der Waals surface area (Å²) in [4.78, 5) is 14.0. The lowest BCUT2D eigenvalue weighted by Gasteiger charge is -2.36. The highest BCUT2D eigenvalue weighted by Crippen LogP contribution is 2.25. The molecule has 0 spiro atoms. The highest BCUT2D eigenvalue weighted by molar-refractivity contribution is 5.71. The second-order valence-corrected chi connectivity index (χ2v) is 5.17. The number of fused-ring (bicyclic) bond motifs is 1. The largest absolute Gasteiger partial charge is 0.465 e. The highest BCUT2D eigenvalue weighted by atomic mass is 16.5.